The van der Waals surface area contributed by atoms with E-state index in [0.29, 0.717) is 6.54 Å². The van der Waals surface area contributed by atoms with Crippen LogP contribution in [0.3, 0.4) is 0 Å². The van der Waals surface area contributed by atoms with Crippen LogP contribution in [-0.2, 0) is 4.74 Å². The van der Waals surface area contributed by atoms with Crippen molar-refractivity contribution in [1.29, 1.82) is 0 Å². The molecule has 1 aromatic rings. The first kappa shape index (κ1) is 19.3. The van der Waals surface area contributed by atoms with Crippen molar-refractivity contribution in [2.75, 3.05) is 6.54 Å². The Morgan fingerprint density at radius 3 is 2.52 bits per heavy atom. The van der Waals surface area contributed by atoms with Gasteiger partial charge in [-0.15, -0.1) is 0 Å². The summed E-state index contributed by atoms with van der Waals surface area (Å²) in [6.45, 7) is 10.1. The topological polar surface area (TPSA) is 70.6 Å². The van der Waals surface area contributed by atoms with Crippen LogP contribution in [0.4, 0.5) is 4.79 Å². The summed E-state index contributed by atoms with van der Waals surface area (Å²) in [6, 6.07) is 7.40. The summed E-state index contributed by atoms with van der Waals surface area (Å²) in [5.41, 5.74) is 0.354. The van der Waals surface area contributed by atoms with Crippen molar-refractivity contribution in [3.05, 3.63) is 29.8 Å². The maximum Gasteiger partial charge on any atom is 0.407 e. The highest BCUT2D eigenvalue weighted by Crippen LogP contribution is 2.23. The molecule has 0 saturated carbocycles. The molecule has 23 heavy (non-hydrogen) atoms. The van der Waals surface area contributed by atoms with E-state index in [1.54, 1.807) is 12.1 Å². The molecule has 2 unspecified atom stereocenters. The van der Waals surface area contributed by atoms with E-state index in [4.69, 9.17) is 4.74 Å². The first-order valence-corrected chi connectivity index (χ1v) is 8.23. The van der Waals surface area contributed by atoms with Crippen molar-refractivity contribution in [3.63, 3.8) is 0 Å². The standard InChI is InChI=1S/C18H30N2O3/c1-6-9-14(12-19-17(22)23-18(3,4)5)20-13(2)15-10-7-8-11-16(15)21/h7-8,10-11,13-14,20-21H,6,9,12H2,1-5H3,(H,19,22). The largest absolute Gasteiger partial charge is 0.508 e. The maximum absolute atomic E-state index is 11.8. The Kier molecular flexibility index (Phi) is 7.36. The van der Waals surface area contributed by atoms with Crippen molar-refractivity contribution in [1.82, 2.24) is 10.6 Å². The lowest BCUT2D eigenvalue weighted by atomic mass is 10.0. The lowest BCUT2D eigenvalue weighted by Gasteiger charge is -2.25. The second kappa shape index (κ2) is 8.77. The van der Waals surface area contributed by atoms with E-state index in [1.165, 1.54) is 0 Å². The molecular weight excluding hydrogens is 292 g/mol. The van der Waals surface area contributed by atoms with Gasteiger partial charge in [0.1, 0.15) is 11.4 Å². The second-order valence-electron chi connectivity index (χ2n) is 6.82. The lowest BCUT2D eigenvalue weighted by molar-refractivity contribution is 0.0521. The van der Waals surface area contributed by atoms with Crippen LogP contribution in [0.1, 0.15) is 59.1 Å². The number of hydrogen-bond donors (Lipinski definition) is 3. The molecule has 5 nitrogen and oxygen atoms in total. The average molecular weight is 322 g/mol. The number of carbonyl (C=O) groups is 1. The van der Waals surface area contributed by atoms with E-state index in [2.05, 4.69) is 17.6 Å². The van der Waals surface area contributed by atoms with Gasteiger partial charge in [-0.2, -0.15) is 0 Å². The van der Waals surface area contributed by atoms with E-state index in [-0.39, 0.29) is 17.8 Å². The fraction of sp³-hybridized carbons (Fsp3) is 0.611. The highest BCUT2D eigenvalue weighted by molar-refractivity contribution is 5.67. The van der Waals surface area contributed by atoms with Crippen LogP contribution < -0.4 is 10.6 Å². The third-order valence-electron chi connectivity index (χ3n) is 3.42. The highest BCUT2D eigenvalue weighted by atomic mass is 16.6. The van der Waals surface area contributed by atoms with Crippen LogP contribution in [0, 0.1) is 0 Å². The van der Waals surface area contributed by atoms with Gasteiger partial charge in [0, 0.05) is 24.2 Å². The lowest BCUT2D eigenvalue weighted by Crippen LogP contribution is -2.43. The predicted molar refractivity (Wildman–Crippen MR) is 92.6 cm³/mol. The molecule has 0 aromatic heterocycles. The molecule has 1 rings (SSSR count). The SMILES string of the molecule is CCCC(CNC(=O)OC(C)(C)C)NC(C)c1ccccc1O. The second-order valence-corrected chi connectivity index (χ2v) is 6.82. The Balaban J connectivity index is 2.58. The van der Waals surface area contributed by atoms with Gasteiger partial charge in [-0.05, 0) is 40.2 Å². The van der Waals surface area contributed by atoms with Gasteiger partial charge in [-0.1, -0.05) is 31.5 Å². The van der Waals surface area contributed by atoms with Crippen LogP contribution in [0.2, 0.25) is 0 Å². The van der Waals surface area contributed by atoms with Gasteiger partial charge in [-0.25, -0.2) is 4.79 Å². The van der Waals surface area contributed by atoms with Crippen LogP contribution in [0.5, 0.6) is 5.75 Å². The summed E-state index contributed by atoms with van der Waals surface area (Å²) in [7, 11) is 0. The van der Waals surface area contributed by atoms with Gasteiger partial charge >= 0.3 is 6.09 Å². The zero-order valence-corrected chi connectivity index (χ0v) is 14.8. The molecule has 0 saturated heterocycles. The number of carbonyl (C=O) groups excluding carboxylic acids is 1. The minimum Gasteiger partial charge on any atom is -0.508 e. The quantitative estimate of drug-likeness (QED) is 0.715. The van der Waals surface area contributed by atoms with Gasteiger partial charge in [0.05, 0.1) is 0 Å². The molecule has 0 radical (unpaired) electrons. The number of alkyl carbamates (subject to hydrolysis) is 1. The minimum absolute atomic E-state index is 0.00631. The number of ether oxygens (including phenoxy) is 1. The van der Waals surface area contributed by atoms with E-state index in [9.17, 15) is 9.90 Å². The van der Waals surface area contributed by atoms with Crippen LogP contribution in [0.25, 0.3) is 0 Å². The molecule has 130 valence electrons. The number of phenols is 1. The first-order valence-electron chi connectivity index (χ1n) is 8.23. The number of hydrogen-bond acceptors (Lipinski definition) is 4. The number of amides is 1. The van der Waals surface area contributed by atoms with E-state index < -0.39 is 11.7 Å². The predicted octanol–water partition coefficient (Wildman–Crippen LogP) is 3.74. The van der Waals surface area contributed by atoms with Crippen LogP contribution >= 0.6 is 0 Å². The summed E-state index contributed by atoms with van der Waals surface area (Å²) < 4.78 is 5.26. The molecule has 0 aliphatic rings. The van der Waals surface area contributed by atoms with Crippen molar-refractivity contribution < 1.29 is 14.6 Å². The Bertz CT molecular complexity index is 497. The smallest absolute Gasteiger partial charge is 0.407 e. The Labute approximate surface area is 139 Å². The molecule has 0 bridgehead atoms. The van der Waals surface area contributed by atoms with E-state index in [0.717, 1.165) is 18.4 Å². The number of nitrogens with one attached hydrogen (secondary N) is 2. The fourth-order valence-electron chi connectivity index (χ4n) is 2.41. The zero-order chi connectivity index (χ0) is 17.5. The maximum atomic E-state index is 11.8. The molecule has 1 aromatic carbocycles. The minimum atomic E-state index is -0.499. The van der Waals surface area contributed by atoms with Gasteiger partial charge in [0.25, 0.3) is 0 Å². The zero-order valence-electron chi connectivity index (χ0n) is 14.8. The molecule has 0 aliphatic carbocycles. The van der Waals surface area contributed by atoms with E-state index >= 15 is 0 Å². The Hall–Kier alpha value is -1.75. The molecule has 5 heteroatoms. The molecule has 0 spiro atoms. The fourth-order valence-corrected chi connectivity index (χ4v) is 2.41. The summed E-state index contributed by atoms with van der Waals surface area (Å²) >= 11 is 0. The molecule has 2 atom stereocenters. The number of benzene rings is 1. The summed E-state index contributed by atoms with van der Waals surface area (Å²) in [5, 5.41) is 16.2. The third-order valence-corrected chi connectivity index (χ3v) is 3.42. The molecule has 1 amide bonds. The van der Waals surface area contributed by atoms with Gasteiger partial charge in [0.15, 0.2) is 0 Å². The molecule has 0 fully saturated rings. The monoisotopic (exact) mass is 322 g/mol. The van der Waals surface area contributed by atoms with Crippen molar-refractivity contribution >= 4 is 6.09 Å². The van der Waals surface area contributed by atoms with Gasteiger partial charge in [-0.3, -0.25) is 0 Å². The molecule has 0 heterocycles. The Morgan fingerprint density at radius 1 is 1.30 bits per heavy atom. The average Bonchev–Trinajstić information content (AvgIpc) is 2.43. The summed E-state index contributed by atoms with van der Waals surface area (Å²) in [6.07, 6.45) is 1.52. The number of aromatic hydroxyl groups is 1. The van der Waals surface area contributed by atoms with Crippen molar-refractivity contribution in [2.45, 2.75) is 65.1 Å². The number of rotatable bonds is 7. The van der Waals surface area contributed by atoms with Gasteiger partial charge in [0.2, 0.25) is 0 Å². The Morgan fingerprint density at radius 2 is 1.96 bits per heavy atom. The van der Waals surface area contributed by atoms with Gasteiger partial charge < -0.3 is 20.5 Å². The van der Waals surface area contributed by atoms with Crippen LogP contribution in [-0.4, -0.2) is 29.4 Å². The van der Waals surface area contributed by atoms with Crippen LogP contribution in [0.15, 0.2) is 24.3 Å². The molecule has 0 aliphatic heterocycles. The van der Waals surface area contributed by atoms with Crippen molar-refractivity contribution in [3.8, 4) is 5.75 Å². The number of phenolic OH excluding ortho intramolecular Hbond substituents is 1. The third kappa shape index (κ3) is 7.37. The molecular formula is C18H30N2O3. The van der Waals surface area contributed by atoms with Crippen molar-refractivity contribution in [2.24, 2.45) is 0 Å². The summed E-state index contributed by atoms with van der Waals surface area (Å²) in [5.74, 6) is 0.280. The summed E-state index contributed by atoms with van der Waals surface area (Å²) in [4.78, 5) is 11.8. The first-order chi connectivity index (χ1) is 10.7. The molecule has 3 N–H and O–H groups in total. The highest BCUT2D eigenvalue weighted by Gasteiger charge is 2.19. The number of para-hydroxylation sites is 1. The normalized spacial score (nSPS) is 14.1. The van der Waals surface area contributed by atoms with E-state index in [1.807, 2.05) is 39.8 Å².